The number of carbonyl (C=O) groups is 2. The molecule has 0 spiro atoms. The first kappa shape index (κ1) is 23.8. The SMILES string of the molecule is CCOC(=O)c1c(NC(=O)/C=C/c2cc(Br)ccc2OCC)sc(C)c1-c1ccccc1. The Hall–Kier alpha value is -2.90. The lowest BCUT2D eigenvalue weighted by Gasteiger charge is -2.09. The zero-order valence-electron chi connectivity index (χ0n) is 18.1. The molecule has 5 nitrogen and oxygen atoms in total. The van der Waals surface area contributed by atoms with Crippen LogP contribution in [0.2, 0.25) is 0 Å². The van der Waals surface area contributed by atoms with Gasteiger partial charge in [-0.15, -0.1) is 11.3 Å². The normalized spacial score (nSPS) is 10.9. The van der Waals surface area contributed by atoms with Crippen LogP contribution >= 0.6 is 27.3 Å². The number of carbonyl (C=O) groups excluding carboxylic acids is 2. The third kappa shape index (κ3) is 5.66. The molecule has 0 aliphatic rings. The van der Waals surface area contributed by atoms with Crippen LogP contribution in [0.1, 0.15) is 34.6 Å². The van der Waals surface area contributed by atoms with Crippen molar-refractivity contribution >= 4 is 50.2 Å². The molecule has 166 valence electrons. The standard InChI is InChI=1S/C25H24BrNO4S/c1-4-30-20-13-12-19(26)15-18(20)11-14-21(28)27-24-23(25(29)31-5-2)22(16(3)32-24)17-9-7-6-8-10-17/h6-15H,4-5H2,1-3H3,(H,27,28)/b14-11+. The number of hydrogen-bond acceptors (Lipinski definition) is 5. The minimum absolute atomic E-state index is 0.248. The van der Waals surface area contributed by atoms with E-state index in [4.69, 9.17) is 9.47 Å². The van der Waals surface area contributed by atoms with Crippen LogP contribution in [0.4, 0.5) is 5.00 Å². The van der Waals surface area contributed by atoms with Gasteiger partial charge in [0.05, 0.1) is 13.2 Å². The van der Waals surface area contributed by atoms with Gasteiger partial charge >= 0.3 is 5.97 Å². The van der Waals surface area contributed by atoms with Crippen molar-refractivity contribution in [2.75, 3.05) is 18.5 Å². The predicted molar refractivity (Wildman–Crippen MR) is 133 cm³/mol. The molecule has 0 fully saturated rings. The van der Waals surface area contributed by atoms with Gasteiger partial charge in [0.15, 0.2) is 0 Å². The largest absolute Gasteiger partial charge is 0.493 e. The van der Waals surface area contributed by atoms with Gasteiger partial charge in [-0.2, -0.15) is 0 Å². The molecule has 0 unspecified atom stereocenters. The first-order chi connectivity index (χ1) is 15.4. The van der Waals surface area contributed by atoms with E-state index in [-0.39, 0.29) is 12.5 Å². The second-order valence-corrected chi connectivity index (χ2v) is 8.90. The van der Waals surface area contributed by atoms with Gasteiger partial charge in [0, 0.05) is 26.6 Å². The van der Waals surface area contributed by atoms with Crippen LogP contribution in [0.25, 0.3) is 17.2 Å². The van der Waals surface area contributed by atoms with Crippen LogP contribution in [0, 0.1) is 6.92 Å². The summed E-state index contributed by atoms with van der Waals surface area (Å²) in [6, 6.07) is 15.2. The number of aryl methyl sites for hydroxylation is 1. The Bertz CT molecular complexity index is 1140. The van der Waals surface area contributed by atoms with Gasteiger partial charge in [-0.25, -0.2) is 4.79 Å². The molecule has 0 saturated heterocycles. The fourth-order valence-corrected chi connectivity index (χ4v) is 4.68. The molecule has 32 heavy (non-hydrogen) atoms. The molecular weight excluding hydrogens is 490 g/mol. The highest BCUT2D eigenvalue weighted by molar-refractivity contribution is 9.10. The van der Waals surface area contributed by atoms with Gasteiger partial charge in [0.1, 0.15) is 16.3 Å². The molecule has 0 radical (unpaired) electrons. The number of hydrogen-bond donors (Lipinski definition) is 1. The Labute approximate surface area is 200 Å². The maximum atomic E-state index is 12.8. The van der Waals surface area contributed by atoms with E-state index in [1.807, 2.05) is 62.4 Å². The van der Waals surface area contributed by atoms with Crippen molar-refractivity contribution in [2.45, 2.75) is 20.8 Å². The van der Waals surface area contributed by atoms with Gasteiger partial charge in [0.25, 0.3) is 0 Å². The lowest BCUT2D eigenvalue weighted by Crippen LogP contribution is -2.12. The number of esters is 1. The Morgan fingerprint density at radius 2 is 1.84 bits per heavy atom. The van der Waals surface area contributed by atoms with Gasteiger partial charge < -0.3 is 14.8 Å². The van der Waals surface area contributed by atoms with E-state index in [0.29, 0.717) is 22.9 Å². The summed E-state index contributed by atoms with van der Waals surface area (Å²) in [6.07, 6.45) is 3.12. The highest BCUT2D eigenvalue weighted by Crippen LogP contribution is 2.40. The van der Waals surface area contributed by atoms with E-state index in [1.54, 1.807) is 13.0 Å². The molecule has 1 heterocycles. The first-order valence-electron chi connectivity index (χ1n) is 10.2. The number of rotatable bonds is 8. The average molecular weight is 514 g/mol. The summed E-state index contributed by atoms with van der Waals surface area (Å²) in [4.78, 5) is 26.4. The molecule has 1 N–H and O–H groups in total. The Morgan fingerprint density at radius 3 is 2.53 bits per heavy atom. The molecule has 0 bridgehead atoms. The third-order valence-corrected chi connectivity index (χ3v) is 6.06. The molecular formula is C25H24BrNO4S. The van der Waals surface area contributed by atoms with Crippen LogP contribution in [0.5, 0.6) is 5.75 Å². The number of nitrogens with one attached hydrogen (secondary N) is 1. The molecule has 3 rings (SSSR count). The maximum Gasteiger partial charge on any atom is 0.341 e. The Morgan fingerprint density at radius 1 is 1.09 bits per heavy atom. The lowest BCUT2D eigenvalue weighted by molar-refractivity contribution is -0.111. The van der Waals surface area contributed by atoms with Gasteiger partial charge in [-0.3, -0.25) is 4.79 Å². The van der Waals surface area contributed by atoms with Gasteiger partial charge in [-0.1, -0.05) is 46.3 Å². The Kier molecular flexibility index (Phi) is 8.25. The van der Waals surface area contributed by atoms with E-state index in [1.165, 1.54) is 17.4 Å². The van der Waals surface area contributed by atoms with Gasteiger partial charge in [0.2, 0.25) is 5.91 Å². The smallest absolute Gasteiger partial charge is 0.341 e. The van der Waals surface area contributed by atoms with Crippen molar-refractivity contribution in [2.24, 2.45) is 0 Å². The second kappa shape index (κ2) is 11.1. The summed E-state index contributed by atoms with van der Waals surface area (Å²) in [5.74, 6) is -0.121. The van der Waals surface area contributed by atoms with Crippen molar-refractivity contribution in [1.29, 1.82) is 0 Å². The van der Waals surface area contributed by atoms with E-state index >= 15 is 0 Å². The quantitative estimate of drug-likeness (QED) is 0.268. The predicted octanol–water partition coefficient (Wildman–Crippen LogP) is 6.71. The fourth-order valence-electron chi connectivity index (χ4n) is 3.24. The summed E-state index contributed by atoms with van der Waals surface area (Å²) in [6.45, 7) is 6.36. The maximum absolute atomic E-state index is 12.8. The van der Waals surface area contributed by atoms with Crippen LogP contribution in [-0.2, 0) is 9.53 Å². The molecule has 0 aliphatic heterocycles. The topological polar surface area (TPSA) is 64.6 Å². The van der Waals surface area contributed by atoms with Gasteiger partial charge in [-0.05, 0) is 50.6 Å². The monoisotopic (exact) mass is 513 g/mol. The molecule has 1 amide bonds. The van der Waals surface area contributed by atoms with Crippen LogP contribution in [0.3, 0.4) is 0 Å². The van der Waals surface area contributed by atoms with Crippen molar-refractivity contribution in [3.63, 3.8) is 0 Å². The number of ether oxygens (including phenoxy) is 2. The highest BCUT2D eigenvalue weighted by atomic mass is 79.9. The summed E-state index contributed by atoms with van der Waals surface area (Å²) >= 11 is 4.80. The minimum Gasteiger partial charge on any atom is -0.493 e. The van der Waals surface area contributed by atoms with E-state index in [2.05, 4.69) is 21.2 Å². The van der Waals surface area contributed by atoms with Crippen molar-refractivity contribution in [1.82, 2.24) is 0 Å². The number of thiophene rings is 1. The number of benzene rings is 2. The highest BCUT2D eigenvalue weighted by Gasteiger charge is 2.25. The zero-order valence-corrected chi connectivity index (χ0v) is 20.5. The molecule has 0 aliphatic carbocycles. The molecule has 0 atom stereocenters. The molecule has 1 aromatic heterocycles. The fraction of sp³-hybridized carbons (Fsp3) is 0.200. The van der Waals surface area contributed by atoms with E-state index in [9.17, 15) is 9.59 Å². The summed E-state index contributed by atoms with van der Waals surface area (Å²) in [7, 11) is 0. The summed E-state index contributed by atoms with van der Waals surface area (Å²) in [5, 5.41) is 3.32. The average Bonchev–Trinajstić information content (AvgIpc) is 3.10. The molecule has 3 aromatic rings. The minimum atomic E-state index is -0.458. The van der Waals surface area contributed by atoms with Crippen LogP contribution < -0.4 is 10.1 Å². The van der Waals surface area contributed by atoms with Crippen LogP contribution in [-0.4, -0.2) is 25.1 Å². The molecule has 0 saturated carbocycles. The second-order valence-electron chi connectivity index (χ2n) is 6.76. The van der Waals surface area contributed by atoms with Crippen molar-refractivity contribution in [3.8, 4) is 16.9 Å². The van der Waals surface area contributed by atoms with Crippen molar-refractivity contribution < 1.29 is 19.1 Å². The lowest BCUT2D eigenvalue weighted by atomic mass is 10.0. The number of anilines is 1. The molecule has 7 heteroatoms. The number of halogens is 1. The first-order valence-corrected chi connectivity index (χ1v) is 11.8. The van der Waals surface area contributed by atoms with E-state index < -0.39 is 5.97 Å². The summed E-state index contributed by atoms with van der Waals surface area (Å²) in [5.41, 5.74) is 2.82. The van der Waals surface area contributed by atoms with Crippen molar-refractivity contribution in [3.05, 3.63) is 75.1 Å². The van der Waals surface area contributed by atoms with Crippen LogP contribution in [0.15, 0.2) is 59.1 Å². The zero-order chi connectivity index (χ0) is 23.1. The molecule has 2 aromatic carbocycles. The number of amides is 1. The third-order valence-electron chi connectivity index (χ3n) is 4.55. The van der Waals surface area contributed by atoms with E-state index in [0.717, 1.165) is 26.0 Å². The summed E-state index contributed by atoms with van der Waals surface area (Å²) < 4.78 is 11.8. The Balaban J connectivity index is 1.92.